The fraction of sp³-hybridized carbons (Fsp3) is 0.417. The molecule has 0 aliphatic carbocycles. The highest BCUT2D eigenvalue weighted by Crippen LogP contribution is 2.39. The van der Waals surface area contributed by atoms with Crippen molar-refractivity contribution in [3.05, 3.63) is 71.3 Å². The maximum atomic E-state index is 12.9. The van der Waals surface area contributed by atoms with Crippen LogP contribution in [-0.2, 0) is 9.53 Å². The first-order valence-corrected chi connectivity index (χ1v) is 10.8. The first kappa shape index (κ1) is 19.4. The summed E-state index contributed by atoms with van der Waals surface area (Å²) in [6.45, 7) is 4.92. The van der Waals surface area contributed by atoms with Crippen LogP contribution in [0.5, 0.6) is 0 Å². The van der Waals surface area contributed by atoms with E-state index in [1.54, 1.807) is 18.2 Å². The van der Waals surface area contributed by atoms with Gasteiger partial charge in [0.05, 0.1) is 18.2 Å². The van der Waals surface area contributed by atoms with Crippen LogP contribution >= 0.6 is 0 Å². The van der Waals surface area contributed by atoms with E-state index in [-0.39, 0.29) is 18.0 Å². The lowest BCUT2D eigenvalue weighted by atomic mass is 9.96. The van der Waals surface area contributed by atoms with Crippen molar-refractivity contribution < 1.29 is 14.3 Å². The van der Waals surface area contributed by atoms with E-state index in [1.165, 1.54) is 6.42 Å². The Morgan fingerprint density at radius 2 is 1.87 bits per heavy atom. The van der Waals surface area contributed by atoms with E-state index < -0.39 is 5.92 Å². The minimum atomic E-state index is -0.427. The Kier molecular flexibility index (Phi) is 5.15. The third kappa shape index (κ3) is 3.55. The number of benzene rings is 2. The fourth-order valence-electron chi connectivity index (χ4n) is 4.71. The van der Waals surface area contributed by atoms with Crippen LogP contribution in [0.4, 0.5) is 0 Å². The highest BCUT2D eigenvalue weighted by atomic mass is 16.6. The van der Waals surface area contributed by atoms with Crippen molar-refractivity contribution in [3.63, 3.8) is 0 Å². The first-order valence-electron chi connectivity index (χ1n) is 10.8. The summed E-state index contributed by atoms with van der Waals surface area (Å²) in [7, 11) is 0. The van der Waals surface area contributed by atoms with Crippen molar-refractivity contribution in [2.75, 3.05) is 19.6 Å². The second kappa shape index (κ2) is 7.95. The van der Waals surface area contributed by atoms with Crippen molar-refractivity contribution in [1.82, 2.24) is 15.1 Å². The summed E-state index contributed by atoms with van der Waals surface area (Å²) in [5.74, 6) is -0.704. The molecular formula is C24H27N3O3. The summed E-state index contributed by atoms with van der Waals surface area (Å²) < 4.78 is 5.93. The van der Waals surface area contributed by atoms with Gasteiger partial charge in [0.2, 0.25) is 0 Å². The number of esters is 1. The molecule has 3 saturated heterocycles. The lowest BCUT2D eigenvalue weighted by Crippen LogP contribution is -2.44. The third-order valence-electron chi connectivity index (χ3n) is 6.46. The predicted octanol–water partition coefficient (Wildman–Crippen LogP) is 2.56. The van der Waals surface area contributed by atoms with Crippen LogP contribution in [0.2, 0.25) is 0 Å². The molecule has 0 amide bonds. The lowest BCUT2D eigenvalue weighted by molar-refractivity contribution is -0.160. The normalized spacial score (nSPS) is 28.7. The summed E-state index contributed by atoms with van der Waals surface area (Å²) >= 11 is 0. The molecule has 0 saturated carbocycles. The van der Waals surface area contributed by atoms with Gasteiger partial charge in [-0.25, -0.2) is 4.90 Å². The van der Waals surface area contributed by atoms with Crippen LogP contribution in [0, 0.1) is 0 Å². The Hall–Kier alpha value is -2.54. The van der Waals surface area contributed by atoms with Gasteiger partial charge in [-0.2, -0.15) is 0 Å². The zero-order valence-electron chi connectivity index (χ0n) is 17.2. The summed E-state index contributed by atoms with van der Waals surface area (Å²) in [6, 6.07) is 16.5. The monoisotopic (exact) mass is 405 g/mol. The maximum Gasteiger partial charge on any atom is 0.314 e. The molecule has 2 aromatic rings. The first-order chi connectivity index (χ1) is 14.6. The number of ketones is 1. The summed E-state index contributed by atoms with van der Waals surface area (Å²) in [4.78, 5) is 30.4. The number of nitrogens with zero attached hydrogens (tertiary/aromatic N) is 2. The average Bonchev–Trinajstić information content (AvgIpc) is 3.55. The Morgan fingerprint density at radius 3 is 2.70 bits per heavy atom. The predicted molar refractivity (Wildman–Crippen MR) is 113 cm³/mol. The van der Waals surface area contributed by atoms with E-state index in [0.29, 0.717) is 23.5 Å². The van der Waals surface area contributed by atoms with Gasteiger partial charge in [0.15, 0.2) is 12.0 Å². The van der Waals surface area contributed by atoms with Gasteiger partial charge in [0, 0.05) is 30.6 Å². The summed E-state index contributed by atoms with van der Waals surface area (Å²) in [6.07, 6.45) is 2.49. The molecule has 2 aromatic carbocycles. The minimum absolute atomic E-state index is 0.0410. The Balaban J connectivity index is 1.27. The van der Waals surface area contributed by atoms with E-state index in [1.807, 2.05) is 43.3 Å². The molecule has 3 fully saturated rings. The van der Waals surface area contributed by atoms with Gasteiger partial charge in [0.1, 0.15) is 0 Å². The quantitative estimate of drug-likeness (QED) is 0.469. The number of carbonyl (C=O) groups is 2. The molecular weight excluding hydrogens is 378 g/mol. The van der Waals surface area contributed by atoms with Gasteiger partial charge in [0.25, 0.3) is 0 Å². The van der Waals surface area contributed by atoms with Gasteiger partial charge in [-0.05, 0) is 31.5 Å². The van der Waals surface area contributed by atoms with Crippen LogP contribution in [0.15, 0.2) is 54.6 Å². The second-order valence-corrected chi connectivity index (χ2v) is 8.37. The molecule has 3 aliphatic heterocycles. The number of ether oxygens (including phenoxy) is 1. The van der Waals surface area contributed by atoms with Gasteiger partial charge in [-0.3, -0.25) is 19.8 Å². The number of nitrogens with one attached hydrogen (secondary N) is 1. The average molecular weight is 405 g/mol. The molecule has 6 heteroatoms. The molecule has 3 aliphatic rings. The summed E-state index contributed by atoms with van der Waals surface area (Å²) in [5, 5.41) is 3.55. The second-order valence-electron chi connectivity index (χ2n) is 8.37. The smallest absolute Gasteiger partial charge is 0.314 e. The Labute approximate surface area is 176 Å². The third-order valence-corrected chi connectivity index (χ3v) is 6.46. The van der Waals surface area contributed by atoms with Crippen molar-refractivity contribution in [2.24, 2.45) is 0 Å². The number of fused-ring (bicyclic) bond motifs is 1. The molecule has 5 rings (SSSR count). The highest BCUT2D eigenvalue weighted by Gasteiger charge is 2.58. The zero-order chi connectivity index (χ0) is 20.7. The zero-order valence-corrected chi connectivity index (χ0v) is 17.2. The largest absolute Gasteiger partial charge is 0.446 e. The molecule has 0 aromatic heterocycles. The topological polar surface area (TPSA) is 61.6 Å². The Bertz CT molecular complexity index is 948. The number of hydrogen-bond acceptors (Lipinski definition) is 6. The number of hydrogen-bond donors (Lipinski definition) is 1. The molecule has 156 valence electrons. The van der Waals surface area contributed by atoms with Gasteiger partial charge >= 0.3 is 5.97 Å². The molecule has 3 unspecified atom stereocenters. The molecule has 0 spiro atoms. The van der Waals surface area contributed by atoms with Gasteiger partial charge < -0.3 is 4.74 Å². The van der Waals surface area contributed by atoms with Crippen molar-refractivity contribution in [3.8, 4) is 0 Å². The Morgan fingerprint density at radius 1 is 1.07 bits per heavy atom. The van der Waals surface area contributed by atoms with Crippen LogP contribution < -0.4 is 5.32 Å². The van der Waals surface area contributed by atoms with Crippen molar-refractivity contribution in [2.45, 2.75) is 44.2 Å². The maximum absolute atomic E-state index is 12.9. The molecule has 6 nitrogen and oxygen atoms in total. The number of rotatable bonds is 5. The summed E-state index contributed by atoms with van der Waals surface area (Å²) in [5.41, 5.74) is 2.03. The van der Waals surface area contributed by atoms with Crippen molar-refractivity contribution >= 4 is 11.8 Å². The standard InChI is InChI=1S/C24H27N3O3/c1-16(18-9-5-10-19(15-18)21(28)17-7-3-2-4-8-17)24(29)30-20-11-14-26-13-6-12-25-22-23(26)27(20)22/h2-5,7-10,15-16,20,22-23,25H,6,11-14H2,1H3/t16?,20?,22-,23+,27?/m0/s1. The van der Waals surface area contributed by atoms with E-state index in [4.69, 9.17) is 4.74 Å². The highest BCUT2D eigenvalue weighted by molar-refractivity contribution is 6.09. The van der Waals surface area contributed by atoms with Gasteiger partial charge in [-0.15, -0.1) is 0 Å². The molecule has 0 radical (unpaired) electrons. The lowest BCUT2D eigenvalue weighted by Gasteiger charge is -2.32. The fourth-order valence-corrected chi connectivity index (χ4v) is 4.71. The minimum Gasteiger partial charge on any atom is -0.446 e. The van der Waals surface area contributed by atoms with E-state index in [0.717, 1.165) is 31.6 Å². The van der Waals surface area contributed by atoms with Crippen LogP contribution in [-0.4, -0.2) is 59.7 Å². The molecule has 5 atom stereocenters. The molecule has 30 heavy (non-hydrogen) atoms. The molecule has 0 bridgehead atoms. The van der Waals surface area contributed by atoms with Crippen LogP contribution in [0.1, 0.15) is 47.2 Å². The molecule has 3 heterocycles. The van der Waals surface area contributed by atoms with Crippen molar-refractivity contribution in [1.29, 1.82) is 0 Å². The van der Waals surface area contributed by atoms with Gasteiger partial charge in [-0.1, -0.05) is 48.5 Å². The van der Waals surface area contributed by atoms with E-state index in [2.05, 4.69) is 15.1 Å². The van der Waals surface area contributed by atoms with Crippen LogP contribution in [0.25, 0.3) is 0 Å². The van der Waals surface area contributed by atoms with E-state index >= 15 is 0 Å². The molecule has 1 N–H and O–H groups in total. The SMILES string of the molecule is CC(C(=O)OC1CCN2CCCN[C@@H]3[C@H]2N13)c1cccc(C(=O)c2ccccc2)c1. The van der Waals surface area contributed by atoms with E-state index in [9.17, 15) is 9.59 Å². The number of carbonyl (C=O) groups excluding carboxylic acids is 2. The van der Waals surface area contributed by atoms with Crippen LogP contribution in [0.3, 0.4) is 0 Å².